The monoisotopic (exact) mass is 457 g/mol. The summed E-state index contributed by atoms with van der Waals surface area (Å²) < 4.78 is 6.64. The van der Waals surface area contributed by atoms with Crippen molar-refractivity contribution >= 4 is 21.8 Å². The molecule has 2 aliphatic heterocycles. The molecule has 2 heterocycles. The van der Waals surface area contributed by atoms with E-state index in [1.165, 1.54) is 11.1 Å². The number of hydrogen-bond donors (Lipinski definition) is 1. The van der Waals surface area contributed by atoms with E-state index in [0.717, 1.165) is 61.5 Å². The number of ether oxygens (including phenoxy) is 1. The third-order valence-corrected chi connectivity index (χ3v) is 6.27. The fourth-order valence-electron chi connectivity index (χ4n) is 4.03. The SMILES string of the molecule is CC(NC(=O)CN1CCN(Cc2ccc3c(c2)CCO3)CC1)c1ccc(Br)cc1. The van der Waals surface area contributed by atoms with Gasteiger partial charge in [-0.25, -0.2) is 0 Å². The topological polar surface area (TPSA) is 44.8 Å². The zero-order chi connectivity index (χ0) is 20.2. The highest BCUT2D eigenvalue weighted by atomic mass is 79.9. The molecular formula is C23H28BrN3O2. The average molecular weight is 458 g/mol. The number of amides is 1. The van der Waals surface area contributed by atoms with Crippen molar-refractivity contribution in [2.24, 2.45) is 0 Å². The van der Waals surface area contributed by atoms with Crippen LogP contribution in [0.25, 0.3) is 0 Å². The van der Waals surface area contributed by atoms with E-state index >= 15 is 0 Å². The first-order valence-corrected chi connectivity index (χ1v) is 11.1. The van der Waals surface area contributed by atoms with E-state index in [9.17, 15) is 4.79 Å². The van der Waals surface area contributed by atoms with Gasteiger partial charge in [-0.15, -0.1) is 0 Å². The lowest BCUT2D eigenvalue weighted by atomic mass is 10.1. The molecule has 0 spiro atoms. The maximum atomic E-state index is 12.5. The number of benzene rings is 2. The maximum absolute atomic E-state index is 12.5. The molecule has 2 aromatic rings. The first-order chi connectivity index (χ1) is 14.1. The number of hydrogen-bond acceptors (Lipinski definition) is 4. The Kier molecular flexibility index (Phi) is 6.53. The van der Waals surface area contributed by atoms with Gasteiger partial charge < -0.3 is 10.1 Å². The second-order valence-corrected chi connectivity index (χ2v) is 8.85. The Labute approximate surface area is 181 Å². The fraction of sp³-hybridized carbons (Fsp3) is 0.435. The molecule has 1 N–H and O–H groups in total. The van der Waals surface area contributed by atoms with Crippen molar-refractivity contribution in [1.82, 2.24) is 15.1 Å². The van der Waals surface area contributed by atoms with Crippen LogP contribution >= 0.6 is 15.9 Å². The molecular weight excluding hydrogens is 430 g/mol. The van der Waals surface area contributed by atoms with Crippen molar-refractivity contribution in [2.75, 3.05) is 39.3 Å². The number of fused-ring (bicyclic) bond motifs is 1. The Hall–Kier alpha value is -1.89. The van der Waals surface area contributed by atoms with E-state index in [1.807, 2.05) is 31.2 Å². The highest BCUT2D eigenvalue weighted by Gasteiger charge is 2.21. The van der Waals surface area contributed by atoms with Gasteiger partial charge in [0, 0.05) is 43.6 Å². The van der Waals surface area contributed by atoms with Crippen LogP contribution in [0.2, 0.25) is 0 Å². The summed E-state index contributed by atoms with van der Waals surface area (Å²) in [6.45, 7) is 8.09. The number of nitrogens with one attached hydrogen (secondary N) is 1. The summed E-state index contributed by atoms with van der Waals surface area (Å²) in [6.07, 6.45) is 1.02. The van der Waals surface area contributed by atoms with Crippen LogP contribution in [-0.4, -0.2) is 55.0 Å². The van der Waals surface area contributed by atoms with E-state index in [1.54, 1.807) is 0 Å². The van der Waals surface area contributed by atoms with Gasteiger partial charge in [-0.05, 0) is 41.8 Å². The van der Waals surface area contributed by atoms with Crippen LogP contribution in [0.15, 0.2) is 46.9 Å². The number of nitrogens with zero attached hydrogens (tertiary/aromatic N) is 2. The summed E-state index contributed by atoms with van der Waals surface area (Å²) in [7, 11) is 0. The number of rotatable bonds is 6. The number of piperazine rings is 1. The lowest BCUT2D eigenvalue weighted by molar-refractivity contribution is -0.123. The summed E-state index contributed by atoms with van der Waals surface area (Å²) in [5.41, 5.74) is 3.80. The Morgan fingerprint density at radius 1 is 1.10 bits per heavy atom. The summed E-state index contributed by atoms with van der Waals surface area (Å²) in [5, 5.41) is 3.12. The second-order valence-electron chi connectivity index (χ2n) is 7.93. The minimum Gasteiger partial charge on any atom is -0.493 e. The quantitative estimate of drug-likeness (QED) is 0.721. The Bertz CT molecular complexity index is 848. The first-order valence-electron chi connectivity index (χ1n) is 10.3. The van der Waals surface area contributed by atoms with Gasteiger partial charge in [0.05, 0.1) is 19.2 Å². The van der Waals surface area contributed by atoms with Crippen molar-refractivity contribution in [3.8, 4) is 5.75 Å². The minimum atomic E-state index is 0.0145. The Morgan fingerprint density at radius 2 is 1.83 bits per heavy atom. The van der Waals surface area contributed by atoms with Crippen LogP contribution in [0.4, 0.5) is 0 Å². The molecule has 0 bridgehead atoms. The van der Waals surface area contributed by atoms with Crippen LogP contribution in [0, 0.1) is 0 Å². The standard InChI is InChI=1S/C23H28BrN3O2/c1-17(19-3-5-21(24)6-4-19)25-23(28)16-27-11-9-26(10-12-27)15-18-2-7-22-20(14-18)8-13-29-22/h2-7,14,17H,8-13,15-16H2,1H3,(H,25,28). The van der Waals surface area contributed by atoms with E-state index in [2.05, 4.69) is 49.2 Å². The van der Waals surface area contributed by atoms with E-state index in [0.29, 0.717) is 6.54 Å². The largest absolute Gasteiger partial charge is 0.493 e. The molecule has 0 aliphatic carbocycles. The van der Waals surface area contributed by atoms with Crippen molar-refractivity contribution in [1.29, 1.82) is 0 Å². The zero-order valence-corrected chi connectivity index (χ0v) is 18.5. The molecule has 0 aromatic heterocycles. The molecule has 5 nitrogen and oxygen atoms in total. The van der Waals surface area contributed by atoms with Crippen LogP contribution in [-0.2, 0) is 17.8 Å². The highest BCUT2D eigenvalue weighted by molar-refractivity contribution is 9.10. The van der Waals surface area contributed by atoms with Crippen LogP contribution in [0.3, 0.4) is 0 Å². The van der Waals surface area contributed by atoms with E-state index < -0.39 is 0 Å². The third-order valence-electron chi connectivity index (χ3n) is 5.74. The van der Waals surface area contributed by atoms with Gasteiger partial charge in [0.25, 0.3) is 0 Å². The Morgan fingerprint density at radius 3 is 2.59 bits per heavy atom. The molecule has 4 rings (SSSR count). The molecule has 1 fully saturated rings. The van der Waals surface area contributed by atoms with Gasteiger partial charge in [-0.3, -0.25) is 14.6 Å². The molecule has 154 valence electrons. The van der Waals surface area contributed by atoms with Crippen LogP contribution < -0.4 is 10.1 Å². The first kappa shape index (κ1) is 20.4. The molecule has 1 saturated heterocycles. The average Bonchev–Trinajstić information content (AvgIpc) is 3.18. The summed E-state index contributed by atoms with van der Waals surface area (Å²) in [4.78, 5) is 17.2. The van der Waals surface area contributed by atoms with Gasteiger partial charge >= 0.3 is 0 Å². The Balaban J connectivity index is 1.21. The molecule has 6 heteroatoms. The van der Waals surface area contributed by atoms with E-state index in [4.69, 9.17) is 4.74 Å². The minimum absolute atomic E-state index is 0.0145. The van der Waals surface area contributed by atoms with Crippen LogP contribution in [0.5, 0.6) is 5.75 Å². The third kappa shape index (κ3) is 5.38. The number of halogens is 1. The molecule has 1 atom stereocenters. The highest BCUT2D eigenvalue weighted by Crippen LogP contribution is 2.26. The second kappa shape index (κ2) is 9.28. The number of carbonyl (C=O) groups excluding carboxylic acids is 1. The zero-order valence-electron chi connectivity index (χ0n) is 16.9. The lowest BCUT2D eigenvalue weighted by Gasteiger charge is -2.34. The van der Waals surface area contributed by atoms with Crippen molar-refractivity contribution in [3.63, 3.8) is 0 Å². The molecule has 2 aromatic carbocycles. The lowest BCUT2D eigenvalue weighted by Crippen LogP contribution is -2.49. The van der Waals surface area contributed by atoms with Gasteiger partial charge in [0.2, 0.25) is 5.91 Å². The number of carbonyl (C=O) groups is 1. The normalized spacial score (nSPS) is 18.1. The van der Waals surface area contributed by atoms with Gasteiger partial charge in [0.1, 0.15) is 5.75 Å². The van der Waals surface area contributed by atoms with Gasteiger partial charge in [0.15, 0.2) is 0 Å². The fourth-order valence-corrected chi connectivity index (χ4v) is 4.29. The molecule has 0 radical (unpaired) electrons. The predicted molar refractivity (Wildman–Crippen MR) is 118 cm³/mol. The van der Waals surface area contributed by atoms with Crippen molar-refractivity contribution in [2.45, 2.75) is 25.9 Å². The van der Waals surface area contributed by atoms with Crippen LogP contribution in [0.1, 0.15) is 29.7 Å². The predicted octanol–water partition coefficient (Wildman–Crippen LogP) is 3.38. The van der Waals surface area contributed by atoms with Crippen molar-refractivity contribution < 1.29 is 9.53 Å². The molecule has 1 amide bonds. The van der Waals surface area contributed by atoms with Gasteiger partial charge in [-0.2, -0.15) is 0 Å². The molecule has 1 unspecified atom stereocenters. The summed E-state index contributed by atoms with van der Waals surface area (Å²) in [6, 6.07) is 14.7. The maximum Gasteiger partial charge on any atom is 0.234 e. The summed E-state index contributed by atoms with van der Waals surface area (Å²) in [5.74, 6) is 1.13. The smallest absolute Gasteiger partial charge is 0.234 e. The van der Waals surface area contributed by atoms with Crippen molar-refractivity contribution in [3.05, 3.63) is 63.6 Å². The van der Waals surface area contributed by atoms with Gasteiger partial charge in [-0.1, -0.05) is 40.2 Å². The molecule has 29 heavy (non-hydrogen) atoms. The summed E-state index contributed by atoms with van der Waals surface area (Å²) >= 11 is 3.45. The van der Waals surface area contributed by atoms with E-state index in [-0.39, 0.29) is 11.9 Å². The molecule has 0 saturated carbocycles. The molecule has 2 aliphatic rings.